The zero-order valence-corrected chi connectivity index (χ0v) is 19.6. The maximum Gasteiger partial charge on any atom is 0.240 e. The van der Waals surface area contributed by atoms with Crippen LogP contribution < -0.4 is 19.5 Å². The van der Waals surface area contributed by atoms with Crippen molar-refractivity contribution in [2.75, 3.05) is 20.8 Å². The molecule has 0 heterocycles. The molecule has 170 valence electrons. The van der Waals surface area contributed by atoms with Crippen LogP contribution >= 0.6 is 0 Å². The molecule has 2 aromatic carbocycles. The highest BCUT2D eigenvalue weighted by Gasteiger charge is 2.15. The zero-order valence-electron chi connectivity index (χ0n) is 18.8. The Morgan fingerprint density at radius 1 is 0.968 bits per heavy atom. The summed E-state index contributed by atoms with van der Waals surface area (Å²) in [7, 11) is -0.362. The molecule has 0 saturated heterocycles. The standard InChI is InChI=1S/C23H32N2O5S/c1-16(2)15-24-31(27,28)20-10-6-18(7-11-20)8-13-23(26)25-17(3)19-9-12-21(29-4)22(14-19)30-5/h6-7,9-12,14,16-17,24H,8,13,15H2,1-5H3,(H,25,26)/t17-/m1/s1. The van der Waals surface area contributed by atoms with Crippen molar-refractivity contribution >= 4 is 15.9 Å². The number of amides is 1. The van der Waals surface area contributed by atoms with E-state index >= 15 is 0 Å². The van der Waals surface area contributed by atoms with Crippen molar-refractivity contribution in [1.82, 2.24) is 10.0 Å². The van der Waals surface area contributed by atoms with Crippen molar-refractivity contribution in [3.8, 4) is 11.5 Å². The Balaban J connectivity index is 1.91. The lowest BCUT2D eigenvalue weighted by molar-refractivity contribution is -0.121. The fourth-order valence-electron chi connectivity index (χ4n) is 2.97. The van der Waals surface area contributed by atoms with Gasteiger partial charge in [-0.2, -0.15) is 0 Å². The number of rotatable bonds is 11. The topological polar surface area (TPSA) is 93.7 Å². The summed E-state index contributed by atoms with van der Waals surface area (Å²) < 4.78 is 37.7. The van der Waals surface area contributed by atoms with Gasteiger partial charge in [-0.05, 0) is 54.7 Å². The van der Waals surface area contributed by atoms with Gasteiger partial charge in [-0.3, -0.25) is 4.79 Å². The van der Waals surface area contributed by atoms with E-state index in [1.165, 1.54) is 0 Å². The molecule has 31 heavy (non-hydrogen) atoms. The van der Waals surface area contributed by atoms with Crippen LogP contribution in [0.15, 0.2) is 47.4 Å². The first-order valence-corrected chi connectivity index (χ1v) is 11.7. The summed E-state index contributed by atoms with van der Waals surface area (Å²) in [6.07, 6.45) is 0.819. The summed E-state index contributed by atoms with van der Waals surface area (Å²) in [6.45, 7) is 6.19. The summed E-state index contributed by atoms with van der Waals surface area (Å²) in [5, 5.41) is 2.98. The molecule has 1 amide bonds. The zero-order chi connectivity index (χ0) is 23.0. The molecule has 2 aromatic rings. The van der Waals surface area contributed by atoms with Crippen LogP contribution in [0.3, 0.4) is 0 Å². The maximum atomic E-state index is 12.4. The second kappa shape index (κ2) is 11.2. The monoisotopic (exact) mass is 448 g/mol. The highest BCUT2D eigenvalue weighted by Crippen LogP contribution is 2.29. The number of hydrogen-bond donors (Lipinski definition) is 2. The highest BCUT2D eigenvalue weighted by atomic mass is 32.2. The van der Waals surface area contributed by atoms with Crippen molar-refractivity contribution in [3.05, 3.63) is 53.6 Å². The molecule has 2 N–H and O–H groups in total. The Morgan fingerprint density at radius 2 is 1.61 bits per heavy atom. The normalized spacial score (nSPS) is 12.5. The number of hydrogen-bond acceptors (Lipinski definition) is 5. The fraction of sp³-hybridized carbons (Fsp3) is 0.435. The quantitative estimate of drug-likeness (QED) is 0.549. The number of sulfonamides is 1. The van der Waals surface area contributed by atoms with Crippen LogP contribution in [0, 0.1) is 5.92 Å². The Bertz CT molecular complexity index is 972. The second-order valence-electron chi connectivity index (χ2n) is 7.79. The maximum absolute atomic E-state index is 12.4. The molecule has 0 saturated carbocycles. The number of nitrogens with one attached hydrogen (secondary N) is 2. The number of carbonyl (C=O) groups is 1. The fourth-order valence-corrected chi connectivity index (χ4v) is 4.19. The molecule has 0 aromatic heterocycles. The molecule has 0 spiro atoms. The molecule has 0 unspecified atom stereocenters. The predicted molar refractivity (Wildman–Crippen MR) is 121 cm³/mol. The smallest absolute Gasteiger partial charge is 0.240 e. The third kappa shape index (κ3) is 7.25. The van der Waals surface area contributed by atoms with Crippen LogP contribution in [0.1, 0.15) is 44.4 Å². The van der Waals surface area contributed by atoms with Crippen LogP contribution in [0.5, 0.6) is 11.5 Å². The molecule has 8 heteroatoms. The van der Waals surface area contributed by atoms with Gasteiger partial charge in [0.05, 0.1) is 25.2 Å². The molecule has 2 rings (SSSR count). The summed E-state index contributed by atoms with van der Waals surface area (Å²) in [5.41, 5.74) is 1.81. The molecule has 0 bridgehead atoms. The van der Waals surface area contributed by atoms with Gasteiger partial charge < -0.3 is 14.8 Å². The van der Waals surface area contributed by atoms with E-state index in [0.29, 0.717) is 30.9 Å². The molecule has 0 fully saturated rings. The molecular weight excluding hydrogens is 416 g/mol. The summed E-state index contributed by atoms with van der Waals surface area (Å²) in [5.74, 6) is 1.39. The average Bonchev–Trinajstić information content (AvgIpc) is 2.76. The van der Waals surface area contributed by atoms with Gasteiger partial charge in [0.1, 0.15) is 0 Å². The first-order valence-electron chi connectivity index (χ1n) is 10.3. The molecular formula is C23H32N2O5S. The van der Waals surface area contributed by atoms with Gasteiger partial charge in [0.25, 0.3) is 0 Å². The van der Waals surface area contributed by atoms with E-state index in [1.54, 1.807) is 38.5 Å². The summed E-state index contributed by atoms with van der Waals surface area (Å²) in [4.78, 5) is 12.6. The Hall–Kier alpha value is -2.58. The van der Waals surface area contributed by atoms with E-state index in [9.17, 15) is 13.2 Å². The van der Waals surface area contributed by atoms with E-state index < -0.39 is 10.0 Å². The van der Waals surface area contributed by atoms with Gasteiger partial charge in [0.2, 0.25) is 15.9 Å². The van der Waals surface area contributed by atoms with E-state index in [-0.39, 0.29) is 22.8 Å². The van der Waals surface area contributed by atoms with Gasteiger partial charge in [-0.1, -0.05) is 32.0 Å². The number of ether oxygens (including phenoxy) is 2. The second-order valence-corrected chi connectivity index (χ2v) is 9.56. The minimum Gasteiger partial charge on any atom is -0.493 e. The van der Waals surface area contributed by atoms with Crippen molar-refractivity contribution in [1.29, 1.82) is 0 Å². The van der Waals surface area contributed by atoms with E-state index in [2.05, 4.69) is 10.0 Å². The SMILES string of the molecule is COc1ccc([C@@H](C)NC(=O)CCc2ccc(S(=O)(=O)NCC(C)C)cc2)cc1OC. The molecule has 0 radical (unpaired) electrons. The number of carbonyl (C=O) groups excluding carboxylic acids is 1. The van der Waals surface area contributed by atoms with Crippen molar-refractivity contribution in [3.63, 3.8) is 0 Å². The van der Waals surface area contributed by atoms with Crippen LogP contribution in [0.2, 0.25) is 0 Å². The summed E-state index contributed by atoms with van der Waals surface area (Å²) in [6, 6.07) is 12.0. The average molecular weight is 449 g/mol. The Labute approximate surface area is 185 Å². The molecule has 1 atom stereocenters. The number of benzene rings is 2. The van der Waals surface area contributed by atoms with Crippen LogP contribution in [-0.2, 0) is 21.2 Å². The van der Waals surface area contributed by atoms with Crippen LogP contribution in [0.4, 0.5) is 0 Å². The van der Waals surface area contributed by atoms with E-state index in [0.717, 1.165) is 11.1 Å². The van der Waals surface area contributed by atoms with Crippen molar-refractivity contribution < 1.29 is 22.7 Å². The first-order chi connectivity index (χ1) is 14.7. The summed E-state index contributed by atoms with van der Waals surface area (Å²) >= 11 is 0. The minimum absolute atomic E-state index is 0.0856. The number of aryl methyl sites for hydroxylation is 1. The van der Waals surface area contributed by atoms with Gasteiger partial charge in [-0.15, -0.1) is 0 Å². The third-order valence-corrected chi connectivity index (χ3v) is 6.28. The molecule has 0 aliphatic heterocycles. The van der Waals surface area contributed by atoms with Gasteiger partial charge in [0, 0.05) is 13.0 Å². The lowest BCUT2D eigenvalue weighted by Gasteiger charge is -2.16. The third-order valence-electron chi connectivity index (χ3n) is 4.84. The van der Waals surface area contributed by atoms with E-state index in [4.69, 9.17) is 9.47 Å². The lowest BCUT2D eigenvalue weighted by atomic mass is 10.1. The molecule has 0 aliphatic carbocycles. The predicted octanol–water partition coefficient (Wildman–Crippen LogP) is 3.45. The Kier molecular flexibility index (Phi) is 8.88. The van der Waals surface area contributed by atoms with Crippen molar-refractivity contribution in [2.24, 2.45) is 5.92 Å². The largest absolute Gasteiger partial charge is 0.493 e. The van der Waals surface area contributed by atoms with Gasteiger partial charge in [0.15, 0.2) is 11.5 Å². The van der Waals surface area contributed by atoms with Crippen molar-refractivity contribution in [2.45, 2.75) is 44.6 Å². The van der Waals surface area contributed by atoms with Gasteiger partial charge in [-0.25, -0.2) is 13.1 Å². The minimum atomic E-state index is -3.51. The lowest BCUT2D eigenvalue weighted by Crippen LogP contribution is -2.27. The van der Waals surface area contributed by atoms with Gasteiger partial charge >= 0.3 is 0 Å². The molecule has 7 nitrogen and oxygen atoms in total. The highest BCUT2D eigenvalue weighted by molar-refractivity contribution is 7.89. The Morgan fingerprint density at radius 3 is 2.19 bits per heavy atom. The number of methoxy groups -OCH3 is 2. The van der Waals surface area contributed by atoms with Crippen LogP contribution in [0.25, 0.3) is 0 Å². The molecule has 0 aliphatic rings. The van der Waals surface area contributed by atoms with E-state index in [1.807, 2.05) is 39.0 Å². The first kappa shape index (κ1) is 24.7. The van der Waals surface area contributed by atoms with Crippen LogP contribution in [-0.4, -0.2) is 35.1 Å².